The topological polar surface area (TPSA) is 135 Å². The zero-order valence-electron chi connectivity index (χ0n) is 17.8. The van der Waals surface area contributed by atoms with E-state index in [1.165, 1.54) is 30.8 Å². The number of anilines is 1. The molecule has 0 spiro atoms. The molecule has 0 fully saturated rings. The van der Waals surface area contributed by atoms with Gasteiger partial charge in [0.25, 0.3) is 5.56 Å². The molecule has 32 heavy (non-hydrogen) atoms. The van der Waals surface area contributed by atoms with Gasteiger partial charge in [0.05, 0.1) is 6.54 Å². The van der Waals surface area contributed by atoms with Crippen molar-refractivity contribution < 1.29 is 19.1 Å². The van der Waals surface area contributed by atoms with Crippen molar-refractivity contribution in [2.24, 2.45) is 14.1 Å². The highest BCUT2D eigenvalue weighted by molar-refractivity contribution is 6.02. The number of carbonyl (C=O) groups is 3. The molecule has 0 atom stereocenters. The third-order valence-corrected chi connectivity index (χ3v) is 5.00. The van der Waals surface area contributed by atoms with Crippen molar-refractivity contribution in [3.63, 3.8) is 0 Å². The van der Waals surface area contributed by atoms with Gasteiger partial charge in [0.1, 0.15) is 17.1 Å². The van der Waals surface area contributed by atoms with Gasteiger partial charge in [-0.05, 0) is 18.6 Å². The van der Waals surface area contributed by atoms with Gasteiger partial charge in [-0.2, -0.15) is 0 Å². The Balaban J connectivity index is 1.88. The number of rotatable bonds is 7. The number of benzene rings is 1. The van der Waals surface area contributed by atoms with Gasteiger partial charge in [0.2, 0.25) is 5.78 Å². The summed E-state index contributed by atoms with van der Waals surface area (Å²) in [7, 11) is 2.79. The van der Waals surface area contributed by atoms with Crippen LogP contribution in [0.2, 0.25) is 0 Å². The lowest BCUT2D eigenvalue weighted by molar-refractivity contribution is 0.0464. The Kier molecular flexibility index (Phi) is 6.24. The average Bonchev–Trinajstić information content (AvgIpc) is 3.16. The lowest BCUT2D eigenvalue weighted by Crippen LogP contribution is -2.43. The Morgan fingerprint density at radius 3 is 2.31 bits per heavy atom. The van der Waals surface area contributed by atoms with Crippen molar-refractivity contribution in [3.05, 3.63) is 85.8 Å². The molecule has 3 rings (SSSR count). The van der Waals surface area contributed by atoms with Crippen molar-refractivity contribution >= 4 is 23.4 Å². The minimum atomic E-state index is -0.879. The van der Waals surface area contributed by atoms with Gasteiger partial charge in [-0.3, -0.25) is 23.5 Å². The van der Waals surface area contributed by atoms with Crippen LogP contribution in [0.5, 0.6) is 0 Å². The number of nitrogens with zero attached hydrogens (tertiary/aromatic N) is 3. The first kappa shape index (κ1) is 22.5. The number of carbonyl (C=O) groups excluding carboxylic acids is 3. The van der Waals surface area contributed by atoms with E-state index in [1.54, 1.807) is 31.3 Å². The Morgan fingerprint density at radius 1 is 1.06 bits per heavy atom. The maximum Gasteiger partial charge on any atom is 0.355 e. The molecule has 0 radical (unpaired) electrons. The number of esters is 1. The van der Waals surface area contributed by atoms with Crippen molar-refractivity contribution in [1.29, 1.82) is 0 Å². The van der Waals surface area contributed by atoms with E-state index in [1.807, 2.05) is 6.07 Å². The minimum absolute atomic E-state index is 0.0524. The van der Waals surface area contributed by atoms with Gasteiger partial charge in [0, 0.05) is 25.9 Å². The molecule has 1 aromatic carbocycles. The second-order valence-corrected chi connectivity index (χ2v) is 7.26. The largest absolute Gasteiger partial charge is 0.453 e. The fourth-order valence-corrected chi connectivity index (χ4v) is 3.20. The second-order valence-electron chi connectivity index (χ2n) is 7.26. The monoisotopic (exact) mass is 438 g/mol. The number of hydrogen-bond donors (Lipinski definition) is 1. The summed E-state index contributed by atoms with van der Waals surface area (Å²) in [5.74, 6) is -2.23. The molecule has 0 aliphatic rings. The van der Waals surface area contributed by atoms with Gasteiger partial charge in [0.15, 0.2) is 12.4 Å². The molecule has 0 saturated heterocycles. The SMILES string of the molecule is CC(=O)c1cc(C(=O)OCC(=O)c2c(N)n(Cc3ccccc3)c(=O)n(C)c2=O)n(C)c1. The summed E-state index contributed by atoms with van der Waals surface area (Å²) in [5, 5.41) is 0. The highest BCUT2D eigenvalue weighted by Crippen LogP contribution is 2.12. The molecular weight excluding hydrogens is 416 g/mol. The normalized spacial score (nSPS) is 10.7. The zero-order valence-corrected chi connectivity index (χ0v) is 17.8. The van der Waals surface area contributed by atoms with E-state index in [-0.39, 0.29) is 23.8 Å². The van der Waals surface area contributed by atoms with Crippen LogP contribution in [0, 0.1) is 0 Å². The molecule has 2 heterocycles. The van der Waals surface area contributed by atoms with Crippen LogP contribution in [-0.4, -0.2) is 37.8 Å². The van der Waals surface area contributed by atoms with Crippen molar-refractivity contribution in [2.45, 2.75) is 13.5 Å². The number of Topliss-reactive ketones (excluding diaryl/α,β-unsaturated/α-hetero) is 2. The van der Waals surface area contributed by atoms with Crippen LogP contribution in [0.4, 0.5) is 5.82 Å². The lowest BCUT2D eigenvalue weighted by Gasteiger charge is -2.14. The average molecular weight is 438 g/mol. The molecule has 0 bridgehead atoms. The molecule has 10 heteroatoms. The van der Waals surface area contributed by atoms with Crippen LogP contribution in [0.15, 0.2) is 52.2 Å². The maximum atomic E-state index is 12.7. The van der Waals surface area contributed by atoms with E-state index in [4.69, 9.17) is 10.5 Å². The van der Waals surface area contributed by atoms with Crippen LogP contribution in [-0.2, 0) is 25.4 Å². The van der Waals surface area contributed by atoms with Gasteiger partial charge in [-0.25, -0.2) is 9.59 Å². The molecule has 0 saturated carbocycles. The molecule has 2 aromatic heterocycles. The summed E-state index contributed by atoms with van der Waals surface area (Å²) in [6, 6.07) is 10.3. The van der Waals surface area contributed by atoms with Crippen LogP contribution >= 0.6 is 0 Å². The van der Waals surface area contributed by atoms with E-state index < -0.39 is 35.2 Å². The third kappa shape index (κ3) is 4.29. The molecule has 0 aliphatic carbocycles. The van der Waals surface area contributed by atoms with E-state index in [2.05, 4.69) is 0 Å². The lowest BCUT2D eigenvalue weighted by atomic mass is 10.2. The summed E-state index contributed by atoms with van der Waals surface area (Å²) >= 11 is 0. The molecule has 0 aliphatic heterocycles. The predicted molar refractivity (Wildman–Crippen MR) is 116 cm³/mol. The summed E-state index contributed by atoms with van der Waals surface area (Å²) < 4.78 is 8.34. The smallest absolute Gasteiger partial charge is 0.355 e. The second kappa shape index (κ2) is 8.88. The number of aryl methyl sites for hydroxylation is 1. The number of nitrogens with two attached hydrogens (primary N) is 1. The van der Waals surface area contributed by atoms with Crippen LogP contribution in [0.1, 0.15) is 43.7 Å². The number of ketones is 2. The summed E-state index contributed by atoms with van der Waals surface area (Å²) in [4.78, 5) is 61.7. The van der Waals surface area contributed by atoms with Gasteiger partial charge >= 0.3 is 11.7 Å². The number of hydrogen-bond acceptors (Lipinski definition) is 7. The molecule has 0 unspecified atom stereocenters. The summed E-state index contributed by atoms with van der Waals surface area (Å²) in [6.45, 7) is 0.649. The van der Waals surface area contributed by atoms with E-state index in [0.29, 0.717) is 5.56 Å². The van der Waals surface area contributed by atoms with Crippen LogP contribution in [0.3, 0.4) is 0 Å². The highest BCUT2D eigenvalue weighted by Gasteiger charge is 2.24. The molecule has 166 valence electrons. The van der Waals surface area contributed by atoms with E-state index >= 15 is 0 Å². The highest BCUT2D eigenvalue weighted by atomic mass is 16.5. The third-order valence-electron chi connectivity index (χ3n) is 5.00. The summed E-state index contributed by atoms with van der Waals surface area (Å²) in [5.41, 5.74) is 5.16. The Labute approximate surface area is 182 Å². The molecular formula is C22H22N4O6. The van der Waals surface area contributed by atoms with E-state index in [0.717, 1.165) is 14.7 Å². The van der Waals surface area contributed by atoms with Crippen molar-refractivity contribution in [1.82, 2.24) is 13.7 Å². The maximum absolute atomic E-state index is 12.7. The first-order valence-corrected chi connectivity index (χ1v) is 9.62. The zero-order chi connectivity index (χ0) is 23.6. The molecule has 0 amide bonds. The fraction of sp³-hybridized carbons (Fsp3) is 0.227. The van der Waals surface area contributed by atoms with Crippen molar-refractivity contribution in [3.8, 4) is 0 Å². The summed E-state index contributed by atoms with van der Waals surface area (Å²) in [6.07, 6.45) is 1.47. The molecule has 2 N–H and O–H groups in total. The van der Waals surface area contributed by atoms with Gasteiger partial charge in [-0.15, -0.1) is 0 Å². The Bertz CT molecular complexity index is 1330. The number of ether oxygens (including phenoxy) is 1. The van der Waals surface area contributed by atoms with Crippen LogP contribution in [0.25, 0.3) is 0 Å². The minimum Gasteiger partial charge on any atom is -0.453 e. The first-order valence-electron chi connectivity index (χ1n) is 9.62. The number of aromatic nitrogens is 3. The quantitative estimate of drug-likeness (QED) is 0.425. The van der Waals surface area contributed by atoms with E-state index in [9.17, 15) is 24.0 Å². The van der Waals surface area contributed by atoms with Crippen LogP contribution < -0.4 is 17.0 Å². The molecule has 3 aromatic rings. The predicted octanol–water partition coefficient (Wildman–Crippen LogP) is 0.758. The van der Waals surface area contributed by atoms with Gasteiger partial charge in [-0.1, -0.05) is 30.3 Å². The number of nitrogen functional groups attached to an aromatic ring is 1. The fourth-order valence-electron chi connectivity index (χ4n) is 3.20. The standard InChI is InChI=1S/C22H22N4O6/c1-13(27)15-9-16(24(2)11-15)21(30)32-12-17(28)18-19(23)26(22(31)25(3)20(18)29)10-14-7-5-4-6-8-14/h4-9,11H,10,12,23H2,1-3H3. The Hall–Kier alpha value is -4.21. The molecule has 10 nitrogen and oxygen atoms in total. The Morgan fingerprint density at radius 2 is 1.72 bits per heavy atom. The first-order chi connectivity index (χ1) is 15.1. The van der Waals surface area contributed by atoms with Crippen molar-refractivity contribution in [2.75, 3.05) is 12.3 Å². The van der Waals surface area contributed by atoms with Gasteiger partial charge < -0.3 is 15.0 Å².